The summed E-state index contributed by atoms with van der Waals surface area (Å²) in [6, 6.07) is 13.6. The van der Waals surface area contributed by atoms with Crippen LogP contribution >= 0.6 is 0 Å². The zero-order chi connectivity index (χ0) is 12.5. The molecule has 0 saturated heterocycles. The molecule has 0 spiro atoms. The number of aryl methyl sites for hydroxylation is 1. The van der Waals surface area contributed by atoms with E-state index in [1.807, 2.05) is 30.3 Å². The quantitative estimate of drug-likeness (QED) is 0.696. The van der Waals surface area contributed by atoms with Crippen molar-refractivity contribution in [2.24, 2.45) is 0 Å². The molecule has 0 amide bonds. The van der Waals surface area contributed by atoms with Crippen LogP contribution in [0, 0.1) is 6.92 Å². The second-order valence-electron chi connectivity index (χ2n) is 4.01. The standard InChI is InChI=1S/C13H11BF3/c1-10-9-12(11-5-3-2-4-6-11)7-8-13(10)14(15,16)17/h2-9H,1H3/q-1. The Morgan fingerprint density at radius 2 is 1.47 bits per heavy atom. The molecule has 0 aliphatic carbocycles. The average molecular weight is 235 g/mol. The minimum atomic E-state index is -4.92. The van der Waals surface area contributed by atoms with Crippen LogP contribution in [-0.4, -0.2) is 6.98 Å². The zero-order valence-corrected chi connectivity index (χ0v) is 9.33. The Balaban J connectivity index is 2.45. The Kier molecular flexibility index (Phi) is 2.96. The summed E-state index contributed by atoms with van der Waals surface area (Å²) >= 11 is 0. The van der Waals surface area contributed by atoms with E-state index >= 15 is 0 Å². The largest absolute Gasteiger partial charge is 0.509 e. The molecule has 0 N–H and O–H groups in total. The maximum absolute atomic E-state index is 12.6. The lowest BCUT2D eigenvalue weighted by Crippen LogP contribution is -2.35. The minimum Gasteiger partial charge on any atom is -0.445 e. The topological polar surface area (TPSA) is 0 Å². The molecule has 0 nitrogen and oxygen atoms in total. The summed E-state index contributed by atoms with van der Waals surface area (Å²) in [6.07, 6.45) is 0. The molecule has 2 aromatic rings. The lowest BCUT2D eigenvalue weighted by atomic mass is 9.76. The van der Waals surface area contributed by atoms with Gasteiger partial charge in [-0.2, -0.15) is 0 Å². The third kappa shape index (κ3) is 2.52. The molecule has 2 aromatic carbocycles. The fourth-order valence-electron chi connectivity index (χ4n) is 1.85. The van der Waals surface area contributed by atoms with Gasteiger partial charge in [-0.05, 0) is 18.1 Å². The van der Waals surface area contributed by atoms with Crippen LogP contribution in [0.1, 0.15) is 5.56 Å². The maximum atomic E-state index is 12.6. The molecule has 0 aliphatic heterocycles. The van der Waals surface area contributed by atoms with E-state index < -0.39 is 12.4 Å². The van der Waals surface area contributed by atoms with Gasteiger partial charge in [0.15, 0.2) is 0 Å². The van der Waals surface area contributed by atoms with Crippen LogP contribution in [0.3, 0.4) is 0 Å². The van der Waals surface area contributed by atoms with E-state index in [9.17, 15) is 12.9 Å². The molecule has 0 aromatic heterocycles. The number of halogens is 3. The fourth-order valence-corrected chi connectivity index (χ4v) is 1.85. The van der Waals surface area contributed by atoms with Crippen molar-refractivity contribution in [1.29, 1.82) is 0 Å². The predicted molar refractivity (Wildman–Crippen MR) is 65.3 cm³/mol. The number of hydrogen-bond donors (Lipinski definition) is 0. The predicted octanol–water partition coefficient (Wildman–Crippen LogP) is 3.72. The van der Waals surface area contributed by atoms with Crippen molar-refractivity contribution < 1.29 is 12.9 Å². The monoisotopic (exact) mass is 235 g/mol. The SMILES string of the molecule is Cc1cc(-c2ccccc2)ccc1[B-](F)(F)F. The molecule has 0 fully saturated rings. The van der Waals surface area contributed by atoms with Crippen LogP contribution < -0.4 is 5.46 Å². The molecule has 0 bridgehead atoms. The van der Waals surface area contributed by atoms with Crippen molar-refractivity contribution in [3.05, 3.63) is 54.1 Å². The third-order valence-corrected chi connectivity index (χ3v) is 2.73. The first kappa shape index (κ1) is 11.8. The molecule has 0 saturated carbocycles. The summed E-state index contributed by atoms with van der Waals surface area (Å²) in [5.41, 5.74) is 1.51. The van der Waals surface area contributed by atoms with Gasteiger partial charge >= 0.3 is 6.98 Å². The van der Waals surface area contributed by atoms with Gasteiger partial charge in [0.2, 0.25) is 0 Å². The van der Waals surface area contributed by atoms with Crippen LogP contribution in [0.25, 0.3) is 11.1 Å². The molecule has 2 rings (SSSR count). The van der Waals surface area contributed by atoms with Crippen molar-refractivity contribution in [1.82, 2.24) is 0 Å². The van der Waals surface area contributed by atoms with Crippen molar-refractivity contribution >= 4 is 12.4 Å². The van der Waals surface area contributed by atoms with Gasteiger partial charge in [-0.25, -0.2) is 0 Å². The molecule has 4 heteroatoms. The lowest BCUT2D eigenvalue weighted by molar-refractivity contribution is 0.500. The second-order valence-corrected chi connectivity index (χ2v) is 4.01. The first-order valence-electron chi connectivity index (χ1n) is 5.34. The highest BCUT2D eigenvalue weighted by Crippen LogP contribution is 2.21. The number of rotatable bonds is 2. The molecule has 0 unspecified atom stereocenters. The van der Waals surface area contributed by atoms with E-state index in [2.05, 4.69) is 0 Å². The first-order valence-corrected chi connectivity index (χ1v) is 5.34. The van der Waals surface area contributed by atoms with Crippen LogP contribution in [-0.2, 0) is 0 Å². The van der Waals surface area contributed by atoms with Gasteiger partial charge in [0.1, 0.15) is 0 Å². The fraction of sp³-hybridized carbons (Fsp3) is 0.0769. The van der Waals surface area contributed by atoms with Crippen LogP contribution in [0.2, 0.25) is 0 Å². The number of hydrogen-bond acceptors (Lipinski definition) is 0. The molecule has 88 valence electrons. The average Bonchev–Trinajstić information content (AvgIpc) is 2.28. The third-order valence-electron chi connectivity index (χ3n) is 2.73. The van der Waals surface area contributed by atoms with Crippen molar-refractivity contribution in [2.45, 2.75) is 6.92 Å². The van der Waals surface area contributed by atoms with E-state index in [0.717, 1.165) is 17.2 Å². The zero-order valence-electron chi connectivity index (χ0n) is 9.33. The van der Waals surface area contributed by atoms with Crippen molar-refractivity contribution in [3.63, 3.8) is 0 Å². The molecule has 0 radical (unpaired) electrons. The minimum absolute atomic E-state index is 0.277. The molecular formula is C13H11BF3-. The molecule has 0 atom stereocenters. The summed E-state index contributed by atoms with van der Waals surface area (Å²) in [6.45, 7) is -3.42. The smallest absolute Gasteiger partial charge is 0.445 e. The highest BCUT2D eigenvalue weighted by Gasteiger charge is 2.27. The summed E-state index contributed by atoms with van der Waals surface area (Å²) in [7, 11) is 0. The Labute approximate surface area is 98.2 Å². The van der Waals surface area contributed by atoms with E-state index in [0.29, 0.717) is 0 Å². The van der Waals surface area contributed by atoms with Gasteiger partial charge < -0.3 is 12.9 Å². The van der Waals surface area contributed by atoms with E-state index in [1.54, 1.807) is 6.07 Å². The number of benzene rings is 2. The maximum Gasteiger partial charge on any atom is 0.509 e. The lowest BCUT2D eigenvalue weighted by Gasteiger charge is -2.18. The highest BCUT2D eigenvalue weighted by molar-refractivity contribution is 6.74. The van der Waals surface area contributed by atoms with Crippen LogP contribution in [0.5, 0.6) is 0 Å². The Morgan fingerprint density at radius 1 is 0.824 bits per heavy atom. The summed E-state index contributed by atoms with van der Waals surface area (Å²) < 4.78 is 37.9. The van der Waals surface area contributed by atoms with Crippen molar-refractivity contribution in [2.75, 3.05) is 0 Å². The highest BCUT2D eigenvalue weighted by atomic mass is 19.4. The summed E-state index contributed by atoms with van der Waals surface area (Å²) in [5.74, 6) is 0. The molecule has 17 heavy (non-hydrogen) atoms. The Hall–Kier alpha value is -1.71. The first-order chi connectivity index (χ1) is 7.98. The summed E-state index contributed by atoms with van der Waals surface area (Å²) in [5, 5.41) is 0. The van der Waals surface area contributed by atoms with E-state index in [1.165, 1.54) is 13.0 Å². The molecule has 0 heterocycles. The Morgan fingerprint density at radius 3 is 2.00 bits per heavy atom. The second kappa shape index (κ2) is 4.28. The van der Waals surface area contributed by atoms with Crippen molar-refractivity contribution in [3.8, 4) is 11.1 Å². The van der Waals surface area contributed by atoms with Gasteiger partial charge in [0.25, 0.3) is 0 Å². The van der Waals surface area contributed by atoms with Gasteiger partial charge in [-0.3, -0.25) is 0 Å². The van der Waals surface area contributed by atoms with Gasteiger partial charge in [0.05, 0.1) is 0 Å². The molecular weight excluding hydrogens is 224 g/mol. The van der Waals surface area contributed by atoms with Gasteiger partial charge in [-0.1, -0.05) is 54.1 Å². The Bertz CT molecular complexity index is 518. The normalized spacial score (nSPS) is 11.5. The van der Waals surface area contributed by atoms with Gasteiger partial charge in [-0.15, -0.1) is 5.46 Å². The summed E-state index contributed by atoms with van der Waals surface area (Å²) in [4.78, 5) is 0. The van der Waals surface area contributed by atoms with Gasteiger partial charge in [0, 0.05) is 0 Å². The molecule has 0 aliphatic rings. The van der Waals surface area contributed by atoms with E-state index in [4.69, 9.17) is 0 Å². The van der Waals surface area contributed by atoms with Crippen LogP contribution in [0.4, 0.5) is 12.9 Å². The van der Waals surface area contributed by atoms with Crippen LogP contribution in [0.15, 0.2) is 48.5 Å². The van der Waals surface area contributed by atoms with E-state index in [-0.39, 0.29) is 5.56 Å².